The van der Waals surface area contributed by atoms with Gasteiger partial charge in [0.15, 0.2) is 0 Å². The van der Waals surface area contributed by atoms with Gasteiger partial charge in [-0.3, -0.25) is 9.63 Å². The van der Waals surface area contributed by atoms with Crippen LogP contribution in [0.2, 0.25) is 0 Å². The monoisotopic (exact) mass is 346 g/mol. The molecule has 1 amide bonds. The molecule has 4 nitrogen and oxygen atoms in total. The molecule has 6 heteroatoms. The standard InChI is InChI=1S/C17H15ClN2O2S/c1-11-2-7-14-15(8-11)23-17(19-14)10-22-13-5-3-12(4-6-13)9-16(21)20-18/h2-8H,9-10H2,1H3,(H,20,21). The first-order chi connectivity index (χ1) is 11.1. The first-order valence-corrected chi connectivity index (χ1v) is 8.31. The fraction of sp³-hybridized carbons (Fsp3) is 0.176. The van der Waals surface area contributed by atoms with Gasteiger partial charge in [-0.1, -0.05) is 18.2 Å². The van der Waals surface area contributed by atoms with Crippen molar-refractivity contribution in [1.29, 1.82) is 0 Å². The van der Waals surface area contributed by atoms with Crippen LogP contribution in [-0.4, -0.2) is 10.9 Å². The molecule has 0 aliphatic heterocycles. The smallest absolute Gasteiger partial charge is 0.238 e. The van der Waals surface area contributed by atoms with Gasteiger partial charge in [-0.2, -0.15) is 0 Å². The van der Waals surface area contributed by atoms with Crippen molar-refractivity contribution in [2.24, 2.45) is 0 Å². The number of nitrogens with zero attached hydrogens (tertiary/aromatic N) is 1. The van der Waals surface area contributed by atoms with E-state index in [1.165, 1.54) is 10.3 Å². The van der Waals surface area contributed by atoms with E-state index < -0.39 is 0 Å². The predicted molar refractivity (Wildman–Crippen MR) is 92.8 cm³/mol. The van der Waals surface area contributed by atoms with E-state index >= 15 is 0 Å². The number of thiazole rings is 1. The number of fused-ring (bicyclic) bond motifs is 1. The van der Waals surface area contributed by atoms with Crippen molar-refractivity contribution in [3.05, 3.63) is 58.6 Å². The average Bonchev–Trinajstić information content (AvgIpc) is 2.96. The molecule has 0 saturated carbocycles. The summed E-state index contributed by atoms with van der Waals surface area (Å²) in [5.74, 6) is 0.514. The van der Waals surface area contributed by atoms with E-state index in [-0.39, 0.29) is 12.3 Å². The highest BCUT2D eigenvalue weighted by molar-refractivity contribution is 7.18. The highest BCUT2D eigenvalue weighted by atomic mass is 35.5. The van der Waals surface area contributed by atoms with Crippen molar-refractivity contribution in [2.75, 3.05) is 0 Å². The lowest BCUT2D eigenvalue weighted by molar-refractivity contribution is -0.118. The second-order valence-electron chi connectivity index (χ2n) is 5.21. The number of carbonyl (C=O) groups is 1. The predicted octanol–water partition coefficient (Wildman–Crippen LogP) is 4.00. The van der Waals surface area contributed by atoms with Gasteiger partial charge < -0.3 is 4.74 Å². The molecule has 0 aliphatic rings. The fourth-order valence-electron chi connectivity index (χ4n) is 2.21. The molecule has 0 bridgehead atoms. The summed E-state index contributed by atoms with van der Waals surface area (Å²) in [7, 11) is 0. The maximum absolute atomic E-state index is 11.2. The Morgan fingerprint density at radius 3 is 2.78 bits per heavy atom. The molecule has 0 fully saturated rings. The quantitative estimate of drug-likeness (QED) is 0.710. The van der Waals surface area contributed by atoms with E-state index in [1.807, 2.05) is 30.3 Å². The molecular formula is C17H15ClN2O2S. The molecule has 23 heavy (non-hydrogen) atoms. The maximum atomic E-state index is 11.2. The van der Waals surface area contributed by atoms with Crippen molar-refractivity contribution < 1.29 is 9.53 Å². The van der Waals surface area contributed by atoms with Crippen LogP contribution in [0.15, 0.2) is 42.5 Å². The number of benzene rings is 2. The Balaban J connectivity index is 1.63. The number of carbonyl (C=O) groups excluding carboxylic acids is 1. The van der Waals surface area contributed by atoms with Crippen LogP contribution in [0.5, 0.6) is 5.75 Å². The summed E-state index contributed by atoms with van der Waals surface area (Å²) in [5, 5.41) is 0.941. The van der Waals surface area contributed by atoms with E-state index in [2.05, 4.69) is 28.9 Å². The number of rotatable bonds is 5. The van der Waals surface area contributed by atoms with Gasteiger partial charge in [-0.15, -0.1) is 11.3 Å². The van der Waals surface area contributed by atoms with Crippen LogP contribution in [0.25, 0.3) is 10.2 Å². The molecular weight excluding hydrogens is 332 g/mol. The Labute approximate surface area is 143 Å². The summed E-state index contributed by atoms with van der Waals surface area (Å²) in [6, 6.07) is 13.6. The van der Waals surface area contributed by atoms with Gasteiger partial charge in [0.2, 0.25) is 5.91 Å². The van der Waals surface area contributed by atoms with Gasteiger partial charge in [-0.25, -0.2) is 4.98 Å². The number of nitrogens with one attached hydrogen (secondary N) is 1. The van der Waals surface area contributed by atoms with E-state index in [1.54, 1.807) is 11.3 Å². The third-order valence-corrected chi connectivity index (χ3v) is 4.55. The largest absolute Gasteiger partial charge is 0.486 e. The molecule has 3 rings (SSSR count). The minimum absolute atomic E-state index is 0.231. The van der Waals surface area contributed by atoms with Crippen LogP contribution in [0.3, 0.4) is 0 Å². The second kappa shape index (κ2) is 6.98. The van der Waals surface area contributed by atoms with Gasteiger partial charge in [0, 0.05) is 11.8 Å². The van der Waals surface area contributed by atoms with Crippen molar-refractivity contribution in [3.63, 3.8) is 0 Å². The summed E-state index contributed by atoms with van der Waals surface area (Å²) in [6.07, 6.45) is 0.251. The summed E-state index contributed by atoms with van der Waals surface area (Å²) < 4.78 is 6.93. The lowest BCUT2D eigenvalue weighted by atomic mass is 10.1. The first kappa shape index (κ1) is 15.8. The van der Waals surface area contributed by atoms with Gasteiger partial charge in [0.1, 0.15) is 17.4 Å². The van der Waals surface area contributed by atoms with Crippen LogP contribution in [0.4, 0.5) is 0 Å². The molecule has 0 saturated heterocycles. The van der Waals surface area contributed by atoms with Gasteiger partial charge >= 0.3 is 0 Å². The van der Waals surface area contributed by atoms with Gasteiger partial charge in [0.05, 0.1) is 16.6 Å². The molecule has 118 valence electrons. The minimum atomic E-state index is -0.231. The lowest BCUT2D eigenvalue weighted by Crippen LogP contribution is -2.14. The highest BCUT2D eigenvalue weighted by Gasteiger charge is 2.06. The fourth-order valence-corrected chi connectivity index (χ4v) is 3.25. The number of hydrogen-bond donors (Lipinski definition) is 1. The topological polar surface area (TPSA) is 51.2 Å². The molecule has 0 atom stereocenters. The zero-order valence-electron chi connectivity index (χ0n) is 12.5. The van der Waals surface area contributed by atoms with Crippen LogP contribution < -0.4 is 9.57 Å². The van der Waals surface area contributed by atoms with E-state index in [0.29, 0.717) is 6.61 Å². The number of aryl methyl sites for hydroxylation is 1. The Morgan fingerprint density at radius 1 is 1.26 bits per heavy atom. The molecule has 0 spiro atoms. The summed E-state index contributed by atoms with van der Waals surface area (Å²) in [4.78, 5) is 17.9. The summed E-state index contributed by atoms with van der Waals surface area (Å²) in [5.41, 5.74) is 3.11. The van der Waals surface area contributed by atoms with E-state index in [0.717, 1.165) is 21.8 Å². The molecule has 1 heterocycles. The Morgan fingerprint density at radius 2 is 2.04 bits per heavy atom. The van der Waals surface area contributed by atoms with E-state index in [4.69, 9.17) is 16.5 Å². The maximum Gasteiger partial charge on any atom is 0.238 e. The zero-order chi connectivity index (χ0) is 16.2. The molecule has 1 N–H and O–H groups in total. The average molecular weight is 347 g/mol. The van der Waals surface area contributed by atoms with Crippen LogP contribution in [0.1, 0.15) is 16.1 Å². The first-order valence-electron chi connectivity index (χ1n) is 7.11. The SMILES string of the molecule is Cc1ccc2nc(COc3ccc(CC(=O)NCl)cc3)sc2c1. The minimum Gasteiger partial charge on any atom is -0.486 e. The number of hydrogen-bond acceptors (Lipinski definition) is 4. The summed E-state index contributed by atoms with van der Waals surface area (Å²) in [6.45, 7) is 2.50. The number of halogens is 1. The highest BCUT2D eigenvalue weighted by Crippen LogP contribution is 2.24. The Bertz CT molecular complexity index is 830. The van der Waals surface area contributed by atoms with Crippen molar-refractivity contribution in [1.82, 2.24) is 9.82 Å². The number of aromatic nitrogens is 1. The normalized spacial score (nSPS) is 10.7. The van der Waals surface area contributed by atoms with Gasteiger partial charge in [-0.05, 0) is 42.3 Å². The third-order valence-electron chi connectivity index (χ3n) is 3.34. The number of amides is 1. The zero-order valence-corrected chi connectivity index (χ0v) is 14.1. The molecule has 0 unspecified atom stereocenters. The lowest BCUT2D eigenvalue weighted by Gasteiger charge is -2.05. The Kier molecular flexibility index (Phi) is 4.79. The third kappa shape index (κ3) is 4.00. The van der Waals surface area contributed by atoms with Crippen molar-refractivity contribution in [3.8, 4) is 5.75 Å². The second-order valence-corrected chi connectivity index (χ2v) is 6.51. The molecule has 3 aromatic rings. The van der Waals surface area contributed by atoms with Gasteiger partial charge in [0.25, 0.3) is 0 Å². The Hall–Kier alpha value is -2.11. The van der Waals surface area contributed by atoms with Crippen molar-refractivity contribution in [2.45, 2.75) is 20.0 Å². The van der Waals surface area contributed by atoms with Crippen LogP contribution in [-0.2, 0) is 17.8 Å². The van der Waals surface area contributed by atoms with Crippen LogP contribution in [0, 0.1) is 6.92 Å². The number of ether oxygens (including phenoxy) is 1. The molecule has 1 aromatic heterocycles. The van der Waals surface area contributed by atoms with Crippen molar-refractivity contribution >= 4 is 39.2 Å². The molecule has 0 aliphatic carbocycles. The molecule has 2 aromatic carbocycles. The summed E-state index contributed by atoms with van der Waals surface area (Å²) >= 11 is 6.91. The molecule has 0 radical (unpaired) electrons. The van der Waals surface area contributed by atoms with Crippen LogP contribution >= 0.6 is 23.1 Å². The van der Waals surface area contributed by atoms with E-state index in [9.17, 15) is 4.79 Å².